The first kappa shape index (κ1) is 21.8. The second-order valence-corrected chi connectivity index (χ2v) is 8.79. The number of nitrogens with zero attached hydrogens (tertiary/aromatic N) is 2. The van der Waals surface area contributed by atoms with Crippen molar-refractivity contribution < 1.29 is 24.1 Å². The highest BCUT2D eigenvalue weighted by atomic mass is 16.6. The first-order chi connectivity index (χ1) is 13.8. The largest absolute Gasteiger partial charge is 0.486 e. The van der Waals surface area contributed by atoms with E-state index in [2.05, 4.69) is 15.2 Å². The Morgan fingerprint density at radius 1 is 1.31 bits per heavy atom. The Morgan fingerprint density at radius 3 is 2.62 bits per heavy atom. The van der Waals surface area contributed by atoms with E-state index in [0.29, 0.717) is 12.2 Å². The number of alkyl carbamates (subject to hydrolysis) is 1. The van der Waals surface area contributed by atoms with Crippen LogP contribution in [0.3, 0.4) is 0 Å². The molecule has 8 nitrogen and oxygen atoms in total. The molecule has 1 aliphatic carbocycles. The SMILES string of the molecule is COC1CCN([C@@H]2[C@@H](O)[C@H](Oc3cccnc3)C[C@H]2NC(=O)OC(C)(C)C)CC1. The number of piperidine rings is 1. The molecule has 1 aliphatic heterocycles. The topological polar surface area (TPSA) is 93.2 Å². The summed E-state index contributed by atoms with van der Waals surface area (Å²) in [5.74, 6) is 0.603. The van der Waals surface area contributed by atoms with E-state index in [1.807, 2.05) is 26.8 Å². The highest BCUT2D eigenvalue weighted by molar-refractivity contribution is 5.68. The molecule has 29 heavy (non-hydrogen) atoms. The molecule has 1 aromatic heterocycles. The van der Waals surface area contributed by atoms with Crippen LogP contribution in [0.15, 0.2) is 24.5 Å². The minimum Gasteiger partial charge on any atom is -0.486 e. The van der Waals surface area contributed by atoms with E-state index < -0.39 is 23.9 Å². The average molecular weight is 408 g/mol. The highest BCUT2D eigenvalue weighted by Gasteiger charge is 2.48. The van der Waals surface area contributed by atoms with Crippen molar-refractivity contribution in [1.82, 2.24) is 15.2 Å². The zero-order valence-electron chi connectivity index (χ0n) is 17.7. The van der Waals surface area contributed by atoms with Gasteiger partial charge in [0.15, 0.2) is 0 Å². The molecule has 1 saturated heterocycles. The van der Waals surface area contributed by atoms with Crippen LogP contribution in [0.5, 0.6) is 5.75 Å². The zero-order chi connectivity index (χ0) is 21.0. The summed E-state index contributed by atoms with van der Waals surface area (Å²) in [5, 5.41) is 14.1. The number of rotatable bonds is 5. The van der Waals surface area contributed by atoms with E-state index in [-0.39, 0.29) is 18.2 Å². The van der Waals surface area contributed by atoms with Crippen molar-refractivity contribution in [3.8, 4) is 5.75 Å². The third-order valence-electron chi connectivity index (χ3n) is 5.48. The van der Waals surface area contributed by atoms with Crippen molar-refractivity contribution in [2.45, 2.75) is 76.0 Å². The van der Waals surface area contributed by atoms with Gasteiger partial charge in [-0.1, -0.05) is 0 Å². The number of carbonyl (C=O) groups excluding carboxylic acids is 1. The van der Waals surface area contributed by atoms with E-state index in [1.54, 1.807) is 25.6 Å². The summed E-state index contributed by atoms with van der Waals surface area (Å²) in [4.78, 5) is 18.7. The fourth-order valence-electron chi connectivity index (χ4n) is 4.18. The molecule has 0 bridgehead atoms. The number of aromatic nitrogens is 1. The number of aliphatic hydroxyl groups is 1. The molecule has 0 radical (unpaired) electrons. The van der Waals surface area contributed by atoms with Gasteiger partial charge < -0.3 is 24.6 Å². The minimum absolute atomic E-state index is 0.240. The monoisotopic (exact) mass is 407 g/mol. The van der Waals surface area contributed by atoms with Crippen LogP contribution < -0.4 is 10.1 Å². The Kier molecular flexibility index (Phi) is 6.97. The third-order valence-corrected chi connectivity index (χ3v) is 5.48. The molecule has 2 heterocycles. The average Bonchev–Trinajstić information content (AvgIpc) is 2.96. The molecule has 1 amide bonds. The summed E-state index contributed by atoms with van der Waals surface area (Å²) in [5.41, 5.74) is -0.584. The maximum Gasteiger partial charge on any atom is 0.407 e. The van der Waals surface area contributed by atoms with E-state index in [0.717, 1.165) is 25.9 Å². The first-order valence-corrected chi connectivity index (χ1v) is 10.3. The number of ether oxygens (including phenoxy) is 3. The lowest BCUT2D eigenvalue weighted by Crippen LogP contribution is -2.56. The van der Waals surface area contributed by atoms with E-state index in [9.17, 15) is 9.90 Å². The van der Waals surface area contributed by atoms with Crippen LogP contribution in [0.4, 0.5) is 4.79 Å². The lowest BCUT2D eigenvalue weighted by Gasteiger charge is -2.39. The fourth-order valence-corrected chi connectivity index (χ4v) is 4.18. The number of amides is 1. The Hall–Kier alpha value is -1.90. The molecule has 3 rings (SSSR count). The predicted molar refractivity (Wildman–Crippen MR) is 108 cm³/mol. The molecule has 0 spiro atoms. The summed E-state index contributed by atoms with van der Waals surface area (Å²) in [6.45, 7) is 7.09. The van der Waals surface area contributed by atoms with Gasteiger partial charge in [0.05, 0.1) is 24.4 Å². The van der Waals surface area contributed by atoms with Crippen LogP contribution in [0.25, 0.3) is 0 Å². The number of nitrogens with one attached hydrogen (secondary N) is 1. The summed E-state index contributed by atoms with van der Waals surface area (Å²) < 4.78 is 16.9. The smallest absolute Gasteiger partial charge is 0.407 e. The van der Waals surface area contributed by atoms with Crippen LogP contribution in [0, 0.1) is 0 Å². The summed E-state index contributed by atoms with van der Waals surface area (Å²) in [6.07, 6.45) is 4.16. The van der Waals surface area contributed by atoms with Crippen molar-refractivity contribution in [2.24, 2.45) is 0 Å². The maximum absolute atomic E-state index is 12.4. The number of methoxy groups -OCH3 is 1. The van der Waals surface area contributed by atoms with Gasteiger partial charge in [-0.3, -0.25) is 9.88 Å². The summed E-state index contributed by atoms with van der Waals surface area (Å²) in [7, 11) is 1.73. The van der Waals surface area contributed by atoms with Gasteiger partial charge in [0, 0.05) is 32.8 Å². The van der Waals surface area contributed by atoms with Gasteiger partial charge >= 0.3 is 6.09 Å². The standard InChI is InChI=1S/C21H33N3O5/c1-21(2,3)29-20(26)23-16-12-17(28-15-6-5-9-22-13-15)19(25)18(16)24-10-7-14(27-4)8-11-24/h5-6,9,13-14,16-19,25H,7-8,10-12H2,1-4H3,(H,23,26)/t16-,17-,18+,19+/m1/s1. The van der Waals surface area contributed by atoms with Crippen LogP contribution in [-0.4, -0.2) is 77.3 Å². The maximum atomic E-state index is 12.4. The number of aliphatic hydroxyl groups excluding tert-OH is 1. The fraction of sp³-hybridized carbons (Fsp3) is 0.714. The Balaban J connectivity index is 1.72. The normalized spacial score (nSPS) is 28.9. The number of pyridine rings is 1. The van der Waals surface area contributed by atoms with Crippen LogP contribution in [-0.2, 0) is 9.47 Å². The Bertz CT molecular complexity index is 658. The number of likely N-dealkylation sites (tertiary alicyclic amines) is 1. The van der Waals surface area contributed by atoms with Gasteiger partial charge in [-0.05, 0) is 45.7 Å². The zero-order valence-corrected chi connectivity index (χ0v) is 17.7. The molecule has 2 N–H and O–H groups in total. The molecule has 0 aromatic carbocycles. The van der Waals surface area contributed by atoms with Gasteiger partial charge in [-0.15, -0.1) is 0 Å². The van der Waals surface area contributed by atoms with Gasteiger partial charge in [-0.25, -0.2) is 4.79 Å². The van der Waals surface area contributed by atoms with Crippen LogP contribution in [0.2, 0.25) is 0 Å². The van der Waals surface area contributed by atoms with Crippen molar-refractivity contribution in [2.75, 3.05) is 20.2 Å². The quantitative estimate of drug-likeness (QED) is 0.771. The molecule has 162 valence electrons. The molecule has 1 saturated carbocycles. The van der Waals surface area contributed by atoms with Crippen molar-refractivity contribution in [1.29, 1.82) is 0 Å². The highest BCUT2D eigenvalue weighted by Crippen LogP contribution is 2.31. The van der Waals surface area contributed by atoms with Gasteiger partial charge in [-0.2, -0.15) is 0 Å². The lowest BCUT2D eigenvalue weighted by molar-refractivity contribution is -0.0238. The molecule has 2 aliphatic rings. The van der Waals surface area contributed by atoms with Gasteiger partial charge in [0.25, 0.3) is 0 Å². The second kappa shape index (κ2) is 9.28. The molecular weight excluding hydrogens is 374 g/mol. The molecule has 8 heteroatoms. The molecule has 4 atom stereocenters. The molecular formula is C21H33N3O5. The number of carbonyl (C=O) groups is 1. The van der Waals surface area contributed by atoms with Crippen LogP contribution in [0.1, 0.15) is 40.0 Å². The van der Waals surface area contributed by atoms with E-state index in [1.165, 1.54) is 0 Å². The minimum atomic E-state index is -0.741. The molecule has 2 fully saturated rings. The third kappa shape index (κ3) is 5.81. The van der Waals surface area contributed by atoms with Crippen LogP contribution >= 0.6 is 0 Å². The Morgan fingerprint density at radius 2 is 2.03 bits per heavy atom. The number of hydrogen-bond donors (Lipinski definition) is 2. The predicted octanol–water partition coefficient (Wildman–Crippen LogP) is 1.97. The molecule has 0 unspecified atom stereocenters. The summed E-state index contributed by atoms with van der Waals surface area (Å²) in [6, 6.07) is 3.08. The molecule has 1 aromatic rings. The van der Waals surface area contributed by atoms with Gasteiger partial charge in [0.2, 0.25) is 0 Å². The summed E-state index contributed by atoms with van der Waals surface area (Å²) >= 11 is 0. The lowest BCUT2D eigenvalue weighted by atomic mass is 10.0. The van der Waals surface area contributed by atoms with E-state index in [4.69, 9.17) is 14.2 Å². The number of hydrogen-bond acceptors (Lipinski definition) is 7. The van der Waals surface area contributed by atoms with Crippen molar-refractivity contribution >= 4 is 6.09 Å². The second-order valence-electron chi connectivity index (χ2n) is 8.79. The van der Waals surface area contributed by atoms with Crippen molar-refractivity contribution in [3.05, 3.63) is 24.5 Å². The van der Waals surface area contributed by atoms with Gasteiger partial charge in [0.1, 0.15) is 23.6 Å². The van der Waals surface area contributed by atoms with Crippen molar-refractivity contribution in [3.63, 3.8) is 0 Å². The Labute approximate surface area is 172 Å². The van der Waals surface area contributed by atoms with E-state index >= 15 is 0 Å². The first-order valence-electron chi connectivity index (χ1n) is 10.3.